The molecule has 0 bridgehead atoms. The topological polar surface area (TPSA) is 118 Å². The van der Waals surface area contributed by atoms with Gasteiger partial charge in [0.15, 0.2) is 0 Å². The summed E-state index contributed by atoms with van der Waals surface area (Å²) in [4.78, 5) is 22.6. The number of benzene rings is 2. The van der Waals surface area contributed by atoms with Crippen molar-refractivity contribution in [2.45, 2.75) is 0 Å². The summed E-state index contributed by atoms with van der Waals surface area (Å²) in [6.45, 7) is 0. The average molecular weight is 370 g/mol. The number of hydrogen-bond acceptors (Lipinski definition) is 5. The lowest BCUT2D eigenvalue weighted by Crippen LogP contribution is -2.17. The smallest absolute Gasteiger partial charge is 0.271 e. The fourth-order valence-corrected chi connectivity index (χ4v) is 2.62. The summed E-state index contributed by atoms with van der Waals surface area (Å²) < 4.78 is 25.0. The number of nitrogens with one attached hydrogen (secondary N) is 2. The van der Waals surface area contributed by atoms with E-state index < -0.39 is 20.9 Å². The molecule has 0 fully saturated rings. The van der Waals surface area contributed by atoms with E-state index in [2.05, 4.69) is 10.0 Å². The molecule has 2 aromatic carbocycles. The first-order valence-electron chi connectivity index (χ1n) is 6.49. The molecule has 0 aliphatic rings. The minimum absolute atomic E-state index is 0.0463. The minimum atomic E-state index is -3.58. The van der Waals surface area contributed by atoms with Crippen LogP contribution in [0.5, 0.6) is 0 Å². The van der Waals surface area contributed by atoms with Gasteiger partial charge in [0, 0.05) is 12.1 Å². The maximum Gasteiger partial charge on any atom is 0.271 e. The molecule has 1 amide bonds. The summed E-state index contributed by atoms with van der Waals surface area (Å²) in [6.07, 6.45) is 0.957. The Hall–Kier alpha value is -2.65. The second-order valence-corrected chi connectivity index (χ2v) is 6.95. The van der Waals surface area contributed by atoms with Crippen molar-refractivity contribution in [3.63, 3.8) is 0 Å². The number of halogens is 1. The first-order valence-corrected chi connectivity index (χ1v) is 8.76. The molecular formula is C14H12ClN3O5S. The first-order chi connectivity index (χ1) is 11.2. The summed E-state index contributed by atoms with van der Waals surface area (Å²) >= 11 is 5.93. The lowest BCUT2D eigenvalue weighted by atomic mass is 10.1. The Morgan fingerprint density at radius 3 is 2.46 bits per heavy atom. The number of nitro benzene ring substituents is 1. The highest BCUT2D eigenvalue weighted by atomic mass is 35.5. The Balaban J connectivity index is 2.34. The predicted molar refractivity (Wildman–Crippen MR) is 91.0 cm³/mol. The molecule has 24 heavy (non-hydrogen) atoms. The molecular weight excluding hydrogens is 358 g/mol. The van der Waals surface area contributed by atoms with E-state index in [4.69, 9.17) is 11.6 Å². The second-order valence-electron chi connectivity index (χ2n) is 4.80. The van der Waals surface area contributed by atoms with Crippen LogP contribution in [0.2, 0.25) is 5.02 Å². The number of amides is 1. The van der Waals surface area contributed by atoms with Gasteiger partial charge < -0.3 is 5.32 Å². The molecule has 0 atom stereocenters. The number of nitrogens with zero attached hydrogens (tertiary/aromatic N) is 1. The quantitative estimate of drug-likeness (QED) is 0.620. The Kier molecular flexibility index (Phi) is 5.05. The van der Waals surface area contributed by atoms with Gasteiger partial charge in [-0.3, -0.25) is 19.6 Å². The Labute approximate surface area is 142 Å². The van der Waals surface area contributed by atoms with Gasteiger partial charge in [-0.05, 0) is 18.2 Å². The van der Waals surface area contributed by atoms with Crippen molar-refractivity contribution in [1.29, 1.82) is 0 Å². The maximum absolute atomic E-state index is 12.4. The lowest BCUT2D eigenvalue weighted by Gasteiger charge is -2.11. The summed E-state index contributed by atoms with van der Waals surface area (Å²) in [5.41, 5.74) is -0.0631. The Morgan fingerprint density at radius 2 is 1.83 bits per heavy atom. The molecule has 0 aliphatic heterocycles. The molecule has 0 heterocycles. The molecule has 0 saturated carbocycles. The van der Waals surface area contributed by atoms with Crippen molar-refractivity contribution in [1.82, 2.24) is 0 Å². The number of carbonyl (C=O) groups is 1. The first kappa shape index (κ1) is 17.7. The monoisotopic (exact) mass is 369 g/mol. The van der Waals surface area contributed by atoms with Crippen LogP contribution in [0, 0.1) is 10.1 Å². The molecule has 0 spiro atoms. The normalized spacial score (nSPS) is 10.9. The van der Waals surface area contributed by atoms with E-state index in [0.717, 1.165) is 12.3 Å². The van der Waals surface area contributed by atoms with Crippen LogP contribution < -0.4 is 10.0 Å². The Morgan fingerprint density at radius 1 is 1.17 bits per heavy atom. The zero-order valence-electron chi connectivity index (χ0n) is 12.3. The SMILES string of the molecule is CS(=O)(=O)Nc1ccccc1C(=O)Nc1cc([N+](=O)[O-])ccc1Cl. The van der Waals surface area contributed by atoms with Gasteiger partial charge in [0.05, 0.1) is 33.1 Å². The van der Waals surface area contributed by atoms with Gasteiger partial charge in [0.2, 0.25) is 10.0 Å². The fourth-order valence-electron chi connectivity index (χ4n) is 1.88. The van der Waals surface area contributed by atoms with E-state index in [1.165, 1.54) is 24.3 Å². The molecule has 0 unspecified atom stereocenters. The zero-order chi connectivity index (χ0) is 17.9. The number of nitro groups is 1. The standard InChI is InChI=1S/C14H12ClN3O5S/c1-24(22,23)17-12-5-3-2-4-10(12)14(19)16-13-8-9(18(20)21)6-7-11(13)15/h2-8,17H,1H3,(H,16,19). The van der Waals surface area contributed by atoms with E-state index in [9.17, 15) is 23.3 Å². The van der Waals surface area contributed by atoms with Gasteiger partial charge in [0.25, 0.3) is 11.6 Å². The Bertz CT molecular complexity index is 914. The van der Waals surface area contributed by atoms with E-state index in [1.807, 2.05) is 0 Å². The number of sulfonamides is 1. The highest BCUT2D eigenvalue weighted by molar-refractivity contribution is 7.92. The van der Waals surface area contributed by atoms with Gasteiger partial charge in [-0.25, -0.2) is 8.42 Å². The average Bonchev–Trinajstić information content (AvgIpc) is 2.48. The van der Waals surface area contributed by atoms with Crippen molar-refractivity contribution in [3.8, 4) is 0 Å². The number of para-hydroxylation sites is 1. The molecule has 10 heteroatoms. The van der Waals surface area contributed by atoms with Crippen LogP contribution in [0.25, 0.3) is 0 Å². The molecule has 8 nitrogen and oxygen atoms in total. The fraction of sp³-hybridized carbons (Fsp3) is 0.0714. The molecule has 0 radical (unpaired) electrons. The van der Waals surface area contributed by atoms with Crippen LogP contribution in [0.1, 0.15) is 10.4 Å². The van der Waals surface area contributed by atoms with Gasteiger partial charge >= 0.3 is 0 Å². The summed E-state index contributed by atoms with van der Waals surface area (Å²) in [6, 6.07) is 9.56. The van der Waals surface area contributed by atoms with E-state index in [1.54, 1.807) is 12.1 Å². The summed E-state index contributed by atoms with van der Waals surface area (Å²) in [5, 5.41) is 13.4. The van der Waals surface area contributed by atoms with Gasteiger partial charge in [0.1, 0.15) is 0 Å². The number of non-ortho nitro benzene ring substituents is 1. The summed E-state index contributed by atoms with van der Waals surface area (Å²) in [5.74, 6) is -0.663. The van der Waals surface area contributed by atoms with Gasteiger partial charge in [-0.2, -0.15) is 0 Å². The number of anilines is 2. The lowest BCUT2D eigenvalue weighted by molar-refractivity contribution is -0.384. The zero-order valence-corrected chi connectivity index (χ0v) is 13.9. The molecule has 0 saturated heterocycles. The van der Waals surface area contributed by atoms with Gasteiger partial charge in [-0.1, -0.05) is 23.7 Å². The van der Waals surface area contributed by atoms with Crippen LogP contribution in [-0.2, 0) is 10.0 Å². The third kappa shape index (κ3) is 4.43. The van der Waals surface area contributed by atoms with Crippen molar-refractivity contribution < 1.29 is 18.1 Å². The highest BCUT2D eigenvalue weighted by Gasteiger charge is 2.16. The van der Waals surface area contributed by atoms with E-state index in [0.29, 0.717) is 0 Å². The number of rotatable bonds is 5. The van der Waals surface area contributed by atoms with Crippen molar-refractivity contribution in [3.05, 3.63) is 63.2 Å². The molecule has 2 aromatic rings. The molecule has 0 aliphatic carbocycles. The van der Waals surface area contributed by atoms with Crippen molar-refractivity contribution >= 4 is 44.6 Å². The second kappa shape index (κ2) is 6.85. The highest BCUT2D eigenvalue weighted by Crippen LogP contribution is 2.28. The van der Waals surface area contributed by atoms with Crippen molar-refractivity contribution in [2.24, 2.45) is 0 Å². The minimum Gasteiger partial charge on any atom is -0.320 e. The largest absolute Gasteiger partial charge is 0.320 e. The van der Waals surface area contributed by atoms with Crippen LogP contribution >= 0.6 is 11.6 Å². The van der Waals surface area contributed by atoms with Crippen LogP contribution in [-0.4, -0.2) is 25.5 Å². The third-order valence-electron chi connectivity index (χ3n) is 2.88. The van der Waals surface area contributed by atoms with Crippen molar-refractivity contribution in [2.75, 3.05) is 16.3 Å². The van der Waals surface area contributed by atoms with Crippen LogP contribution in [0.4, 0.5) is 17.1 Å². The molecule has 0 aromatic heterocycles. The van der Waals surface area contributed by atoms with Crippen LogP contribution in [0.3, 0.4) is 0 Å². The molecule has 2 N–H and O–H groups in total. The van der Waals surface area contributed by atoms with E-state index in [-0.39, 0.29) is 27.6 Å². The third-order valence-corrected chi connectivity index (χ3v) is 3.80. The number of carbonyl (C=O) groups excluding carboxylic acids is 1. The summed E-state index contributed by atoms with van der Waals surface area (Å²) in [7, 11) is -3.58. The van der Waals surface area contributed by atoms with Gasteiger partial charge in [-0.15, -0.1) is 0 Å². The molecule has 126 valence electrons. The van der Waals surface area contributed by atoms with E-state index >= 15 is 0 Å². The molecule has 2 rings (SSSR count). The maximum atomic E-state index is 12.4. The van der Waals surface area contributed by atoms with Crippen LogP contribution in [0.15, 0.2) is 42.5 Å². The number of hydrogen-bond donors (Lipinski definition) is 2. The predicted octanol–water partition coefficient (Wildman–Crippen LogP) is 2.87.